The molecule has 0 aliphatic heterocycles. The molecule has 3 atom stereocenters. The molecule has 14 heavy (non-hydrogen) atoms. The SMILES string of the molecule is CC(C)[C@@H]1CC[C@@H](C)C[C@H]1[O-].[Al+3].[Cl-].[Cl-]. The van der Waals surface area contributed by atoms with Gasteiger partial charge in [0.05, 0.1) is 0 Å². The third-order valence-corrected chi connectivity index (χ3v) is 2.96. The van der Waals surface area contributed by atoms with Crippen molar-refractivity contribution in [1.82, 2.24) is 0 Å². The van der Waals surface area contributed by atoms with Crippen molar-refractivity contribution >= 4 is 17.4 Å². The van der Waals surface area contributed by atoms with Crippen LogP contribution >= 0.6 is 0 Å². The van der Waals surface area contributed by atoms with Crippen LogP contribution in [0, 0.1) is 17.8 Å². The van der Waals surface area contributed by atoms with Crippen molar-refractivity contribution in [2.24, 2.45) is 17.8 Å². The Kier molecular flexibility index (Phi) is 13.6. The van der Waals surface area contributed by atoms with E-state index in [9.17, 15) is 5.11 Å². The van der Waals surface area contributed by atoms with E-state index in [2.05, 4.69) is 20.8 Å². The van der Waals surface area contributed by atoms with E-state index in [-0.39, 0.29) is 48.3 Å². The smallest absolute Gasteiger partial charge is 1.00 e. The molecule has 1 saturated carbocycles. The molecule has 1 aliphatic carbocycles. The molecule has 0 spiro atoms. The predicted octanol–water partition coefficient (Wildman–Crippen LogP) is -4.57. The Balaban J connectivity index is -0.000000403. The number of rotatable bonds is 1. The van der Waals surface area contributed by atoms with Gasteiger partial charge in [0.25, 0.3) is 0 Å². The molecule has 1 nitrogen and oxygen atoms in total. The van der Waals surface area contributed by atoms with Crippen LogP contribution in [0.3, 0.4) is 0 Å². The van der Waals surface area contributed by atoms with Crippen molar-refractivity contribution in [1.29, 1.82) is 0 Å². The Labute approximate surface area is 111 Å². The molecule has 0 amide bonds. The van der Waals surface area contributed by atoms with Crippen molar-refractivity contribution in [3.05, 3.63) is 0 Å². The van der Waals surface area contributed by atoms with Crippen LogP contribution in [0.4, 0.5) is 0 Å². The van der Waals surface area contributed by atoms with E-state index in [0.717, 1.165) is 12.8 Å². The van der Waals surface area contributed by atoms with Crippen molar-refractivity contribution in [3.8, 4) is 0 Å². The third kappa shape index (κ3) is 5.83. The molecule has 0 saturated heterocycles. The van der Waals surface area contributed by atoms with Crippen molar-refractivity contribution < 1.29 is 29.9 Å². The second-order valence-corrected chi connectivity index (χ2v) is 4.36. The molecule has 0 aromatic heterocycles. The van der Waals surface area contributed by atoms with Crippen molar-refractivity contribution in [3.63, 3.8) is 0 Å². The average molecular weight is 253 g/mol. The summed E-state index contributed by atoms with van der Waals surface area (Å²) in [6.07, 6.45) is 3.05. The van der Waals surface area contributed by atoms with Crippen LogP contribution < -0.4 is 29.9 Å². The molecular weight excluding hydrogens is 234 g/mol. The number of hydrogen-bond acceptors (Lipinski definition) is 1. The number of hydrogen-bond donors (Lipinski definition) is 0. The summed E-state index contributed by atoms with van der Waals surface area (Å²) in [6, 6.07) is 0. The first-order chi connectivity index (χ1) is 5.11. The second kappa shape index (κ2) is 9.31. The van der Waals surface area contributed by atoms with Gasteiger partial charge in [-0.3, -0.25) is 0 Å². The zero-order valence-corrected chi connectivity index (χ0v) is 11.8. The molecular formula is C10H19AlCl2O. The summed E-state index contributed by atoms with van der Waals surface area (Å²) in [4.78, 5) is 0. The van der Waals surface area contributed by atoms with Gasteiger partial charge in [-0.15, -0.1) is 6.10 Å². The molecule has 0 aromatic rings. The standard InChI is InChI=1S/C10H19O.Al.2ClH/c1-7(2)9-5-4-8(3)6-10(9)11;;;/h7-10H,4-6H2,1-3H3;;2*1H/q-1;+3;;/p-2/t8-,9+,10-;;;/m1.../s1. The van der Waals surface area contributed by atoms with Crippen LogP contribution in [0.5, 0.6) is 0 Å². The maximum Gasteiger partial charge on any atom is 3.00 e. The van der Waals surface area contributed by atoms with Gasteiger partial charge in [-0.25, -0.2) is 0 Å². The Bertz CT molecular complexity index is 133. The van der Waals surface area contributed by atoms with Crippen LogP contribution in [0.25, 0.3) is 0 Å². The van der Waals surface area contributed by atoms with E-state index in [4.69, 9.17) is 0 Å². The molecule has 0 aromatic carbocycles. The topological polar surface area (TPSA) is 23.1 Å². The van der Waals surface area contributed by atoms with Gasteiger partial charge in [-0.1, -0.05) is 46.0 Å². The predicted molar refractivity (Wildman–Crippen MR) is 50.9 cm³/mol. The summed E-state index contributed by atoms with van der Waals surface area (Å²) < 4.78 is 0. The fourth-order valence-corrected chi connectivity index (χ4v) is 2.11. The first-order valence-corrected chi connectivity index (χ1v) is 4.77. The minimum Gasteiger partial charge on any atom is -1.00 e. The third-order valence-electron chi connectivity index (χ3n) is 2.96. The fraction of sp³-hybridized carbons (Fsp3) is 1.00. The van der Waals surface area contributed by atoms with Gasteiger partial charge >= 0.3 is 17.4 Å². The van der Waals surface area contributed by atoms with E-state index in [1.165, 1.54) is 6.42 Å². The number of halogens is 2. The second-order valence-electron chi connectivity index (χ2n) is 4.36. The van der Waals surface area contributed by atoms with Crippen molar-refractivity contribution in [2.45, 2.75) is 46.1 Å². The molecule has 1 aliphatic rings. The van der Waals surface area contributed by atoms with E-state index < -0.39 is 0 Å². The molecule has 82 valence electrons. The minimum absolute atomic E-state index is 0. The Morgan fingerprint density at radius 2 is 1.64 bits per heavy atom. The van der Waals surface area contributed by atoms with Gasteiger partial charge in [0, 0.05) is 0 Å². The van der Waals surface area contributed by atoms with Gasteiger partial charge in [-0.05, 0) is 11.8 Å². The van der Waals surface area contributed by atoms with E-state index in [1.54, 1.807) is 0 Å². The molecule has 0 N–H and O–H groups in total. The van der Waals surface area contributed by atoms with Gasteiger partial charge in [0.1, 0.15) is 0 Å². The molecule has 1 rings (SSSR count). The maximum atomic E-state index is 11.5. The average Bonchev–Trinajstić information content (AvgIpc) is 1.85. The zero-order valence-electron chi connectivity index (χ0n) is 9.17. The summed E-state index contributed by atoms with van der Waals surface area (Å²) in [6.45, 7) is 6.54. The summed E-state index contributed by atoms with van der Waals surface area (Å²) in [5, 5.41) is 11.5. The molecule has 0 heterocycles. The van der Waals surface area contributed by atoms with Crippen LogP contribution in [-0.4, -0.2) is 23.5 Å². The maximum absolute atomic E-state index is 11.5. The summed E-state index contributed by atoms with van der Waals surface area (Å²) in [5.41, 5.74) is 0. The first-order valence-electron chi connectivity index (χ1n) is 4.77. The van der Waals surface area contributed by atoms with Gasteiger partial charge in [-0.2, -0.15) is 0 Å². The first kappa shape index (κ1) is 20.5. The molecule has 4 heteroatoms. The molecule has 0 radical (unpaired) electrons. The van der Waals surface area contributed by atoms with Gasteiger partial charge in [0.15, 0.2) is 0 Å². The van der Waals surface area contributed by atoms with Crippen LogP contribution in [0.2, 0.25) is 0 Å². The molecule has 0 unspecified atom stereocenters. The fourth-order valence-electron chi connectivity index (χ4n) is 2.11. The van der Waals surface area contributed by atoms with Gasteiger partial charge in [0.2, 0.25) is 0 Å². The van der Waals surface area contributed by atoms with Gasteiger partial charge < -0.3 is 29.9 Å². The summed E-state index contributed by atoms with van der Waals surface area (Å²) in [7, 11) is 0. The van der Waals surface area contributed by atoms with Crippen LogP contribution in [-0.2, 0) is 0 Å². The quantitative estimate of drug-likeness (QED) is 0.432. The zero-order chi connectivity index (χ0) is 8.43. The largest absolute Gasteiger partial charge is 3.00 e. The monoisotopic (exact) mass is 252 g/mol. The van der Waals surface area contributed by atoms with E-state index >= 15 is 0 Å². The van der Waals surface area contributed by atoms with E-state index in [0.29, 0.717) is 17.8 Å². The summed E-state index contributed by atoms with van der Waals surface area (Å²) >= 11 is 0. The van der Waals surface area contributed by atoms with Crippen LogP contribution in [0.15, 0.2) is 0 Å². The van der Waals surface area contributed by atoms with Crippen molar-refractivity contribution in [2.75, 3.05) is 0 Å². The Hall–Kier alpha value is 1.07. The van der Waals surface area contributed by atoms with E-state index in [1.807, 2.05) is 0 Å². The van der Waals surface area contributed by atoms with Crippen LogP contribution in [0.1, 0.15) is 40.0 Å². The Morgan fingerprint density at radius 1 is 1.14 bits per heavy atom. The normalized spacial score (nSPS) is 31.1. The Morgan fingerprint density at radius 3 is 2.00 bits per heavy atom. The summed E-state index contributed by atoms with van der Waals surface area (Å²) in [5.74, 6) is 1.71. The molecule has 0 bridgehead atoms. The minimum atomic E-state index is -0.279. The molecule has 1 fully saturated rings.